The number of nitrogens with zero attached hydrogens (tertiary/aromatic N) is 10. The van der Waals surface area contributed by atoms with Crippen LogP contribution in [-0.2, 0) is 45.3 Å². The molecule has 16 rings (SSSR count). The monoisotopic (exact) mass is 1450 g/mol. The van der Waals surface area contributed by atoms with Crippen molar-refractivity contribution in [2.45, 2.75) is 71.2 Å². The molecule has 22 nitrogen and oxygen atoms in total. The Kier molecular flexibility index (Phi) is 22.0. The standard InChI is InChI=1S/2C20H19ClN4O.2C20H16FN5O/c1-13-10-18-17(19(24-23-18)14-6-3-2-4-7-14)12-25(13)20(26)22-16-9-5-8-15(21)11-16;1-13-18-17(23-24-19(18)14-6-3-2-4-7-14)10-11-25(13)20(26)22-16-9-5-8-15(21)12-16;21-18-14(11-22)7-4-8-17(18)23-20(27)26-10-9-16-15(12-26)19(25-24-16)13-5-2-1-3-6-13;21-17-7-6-15(10-14(17)11-22)23-20(27)26-9-8-18-16(12-26)19(25-24-18)13-4-2-1-3-5-13/h2-9,11,13H,10,12H2,1H3,(H,22,26)(H,23,24);2-9,12-13H,10-11H2,1H3,(H,22,26)(H,23,24);1-8H,9-10,12H2,(H,23,27)(H,24,25);1-7,10H,8-9,12H2,(H,23,27)(H,24,25). The topological polar surface area (TPSA) is 292 Å². The molecule has 8 aromatic carbocycles. The zero-order valence-electron chi connectivity index (χ0n) is 57.5. The summed E-state index contributed by atoms with van der Waals surface area (Å²) in [5, 5.41) is 60.5. The number of halogens is 4. The molecule has 106 heavy (non-hydrogen) atoms. The Morgan fingerprint density at radius 1 is 0.443 bits per heavy atom. The molecule has 2 unspecified atom stereocenters. The van der Waals surface area contributed by atoms with Crippen molar-refractivity contribution in [1.29, 1.82) is 10.5 Å². The lowest BCUT2D eigenvalue weighted by molar-refractivity contribution is 0.182. The van der Waals surface area contributed by atoms with Gasteiger partial charge in [0.05, 0.1) is 65.3 Å². The third-order valence-electron chi connectivity index (χ3n) is 18.7. The number of aromatic amines is 4. The Labute approximate surface area is 619 Å². The number of nitriles is 2. The molecule has 0 saturated heterocycles. The summed E-state index contributed by atoms with van der Waals surface area (Å²) in [6.07, 6.45) is 2.82. The van der Waals surface area contributed by atoms with Crippen LogP contribution in [0.5, 0.6) is 0 Å². The molecule has 8 N–H and O–H groups in total. The smallest absolute Gasteiger partial charge is 0.320 e. The van der Waals surface area contributed by atoms with Gasteiger partial charge in [0.25, 0.3) is 0 Å². The highest BCUT2D eigenvalue weighted by Gasteiger charge is 2.34. The van der Waals surface area contributed by atoms with Gasteiger partial charge in [-0.25, -0.2) is 28.0 Å². The Morgan fingerprint density at radius 3 is 1.38 bits per heavy atom. The summed E-state index contributed by atoms with van der Waals surface area (Å²) in [6, 6.07) is 64.8. The lowest BCUT2D eigenvalue weighted by Gasteiger charge is -2.33. The van der Waals surface area contributed by atoms with E-state index in [0.29, 0.717) is 79.2 Å². The SMILES string of the molecule is CC1Cc2[nH]nc(-c3ccccc3)c2CN1C(=O)Nc1cccc(Cl)c1.CC1c2c(-c3ccccc3)n[nH]c2CCN1C(=O)Nc1cccc(Cl)c1.N#Cc1cc(NC(=O)N2CCc3[nH]nc(-c4ccccc4)c3C2)ccc1F.N#Cc1cccc(NC(=O)N2CCc3[nH]nc(-c4ccccc4)c3C2)c1F. The van der Waals surface area contributed by atoms with Gasteiger partial charge in [-0.15, -0.1) is 0 Å². The molecular formula is C80H70Cl2F2N18O4. The summed E-state index contributed by atoms with van der Waals surface area (Å²) in [5.74, 6) is -1.33. The summed E-state index contributed by atoms with van der Waals surface area (Å²) < 4.78 is 27.6. The van der Waals surface area contributed by atoms with E-state index < -0.39 is 17.7 Å². The van der Waals surface area contributed by atoms with Crippen LogP contribution in [0.3, 0.4) is 0 Å². The molecule has 4 aromatic heterocycles. The molecule has 532 valence electrons. The highest BCUT2D eigenvalue weighted by atomic mass is 35.5. The number of hydrogen-bond acceptors (Lipinski definition) is 10. The van der Waals surface area contributed by atoms with Crippen LogP contribution in [0.1, 0.15) is 76.0 Å². The zero-order valence-corrected chi connectivity index (χ0v) is 59.0. The van der Waals surface area contributed by atoms with E-state index in [2.05, 4.69) is 62.1 Å². The van der Waals surface area contributed by atoms with E-state index in [9.17, 15) is 28.0 Å². The maximum Gasteiger partial charge on any atom is 0.322 e. The van der Waals surface area contributed by atoms with E-state index in [1.54, 1.807) is 46.2 Å². The van der Waals surface area contributed by atoms with Gasteiger partial charge >= 0.3 is 24.1 Å². The second kappa shape index (κ2) is 32.6. The van der Waals surface area contributed by atoms with Crippen LogP contribution in [0, 0.1) is 34.3 Å². The molecule has 0 aliphatic carbocycles. The molecule has 2 atom stereocenters. The normalized spacial score (nSPS) is 14.6. The molecule has 8 heterocycles. The number of fused-ring (bicyclic) bond motifs is 4. The van der Waals surface area contributed by atoms with Crippen molar-refractivity contribution >= 4 is 70.1 Å². The van der Waals surface area contributed by atoms with Gasteiger partial charge in [-0.1, -0.05) is 163 Å². The van der Waals surface area contributed by atoms with E-state index >= 15 is 0 Å². The summed E-state index contributed by atoms with van der Waals surface area (Å²) >= 11 is 12.0. The number of H-pyrrole nitrogens is 4. The first-order valence-electron chi connectivity index (χ1n) is 34.2. The number of benzene rings is 8. The fourth-order valence-corrected chi connectivity index (χ4v) is 13.6. The highest BCUT2D eigenvalue weighted by Crippen LogP contribution is 2.38. The van der Waals surface area contributed by atoms with Gasteiger partial charge in [0.2, 0.25) is 0 Å². The minimum Gasteiger partial charge on any atom is -0.320 e. The Morgan fingerprint density at radius 2 is 0.868 bits per heavy atom. The number of hydrogen-bond donors (Lipinski definition) is 8. The second-order valence-electron chi connectivity index (χ2n) is 25.5. The Bertz CT molecular complexity index is 5180. The third kappa shape index (κ3) is 16.3. The lowest BCUT2D eigenvalue weighted by atomic mass is 9.95. The van der Waals surface area contributed by atoms with Crippen LogP contribution < -0.4 is 21.3 Å². The molecular weight excluding hydrogens is 1390 g/mol. The van der Waals surface area contributed by atoms with E-state index in [4.69, 9.17) is 33.7 Å². The first-order valence-corrected chi connectivity index (χ1v) is 35.0. The summed E-state index contributed by atoms with van der Waals surface area (Å²) in [5.41, 5.74) is 17.5. The van der Waals surface area contributed by atoms with Crippen LogP contribution in [0.25, 0.3) is 45.0 Å². The van der Waals surface area contributed by atoms with E-state index in [1.807, 2.05) is 169 Å². The van der Waals surface area contributed by atoms with Crippen LogP contribution in [-0.4, -0.2) is 110 Å². The third-order valence-corrected chi connectivity index (χ3v) is 19.2. The molecule has 0 saturated carbocycles. The second-order valence-corrected chi connectivity index (χ2v) is 26.4. The number of rotatable bonds is 8. The predicted molar refractivity (Wildman–Crippen MR) is 403 cm³/mol. The number of amides is 8. The number of aromatic nitrogens is 8. The van der Waals surface area contributed by atoms with Crippen molar-refractivity contribution < 1.29 is 28.0 Å². The van der Waals surface area contributed by atoms with E-state index in [1.165, 1.54) is 36.4 Å². The summed E-state index contributed by atoms with van der Waals surface area (Å²) in [6.45, 7) is 7.08. The average Bonchev–Trinajstić information content (AvgIpc) is 1.62. The summed E-state index contributed by atoms with van der Waals surface area (Å²) in [7, 11) is 0. The number of anilines is 4. The largest absolute Gasteiger partial charge is 0.322 e. The molecule has 4 aliphatic rings. The van der Waals surface area contributed by atoms with Crippen molar-refractivity contribution in [3.8, 4) is 57.2 Å². The number of carbonyl (C=O) groups is 4. The van der Waals surface area contributed by atoms with Crippen LogP contribution in [0.15, 0.2) is 206 Å². The van der Waals surface area contributed by atoms with Gasteiger partial charge in [0, 0.05) is 146 Å². The van der Waals surface area contributed by atoms with Gasteiger partial charge in [-0.3, -0.25) is 20.4 Å². The van der Waals surface area contributed by atoms with Crippen molar-refractivity contribution in [2.75, 3.05) is 40.9 Å². The molecule has 0 spiro atoms. The fraction of sp³-hybridized carbons (Fsp3) is 0.175. The van der Waals surface area contributed by atoms with Crippen molar-refractivity contribution in [1.82, 2.24) is 60.4 Å². The minimum atomic E-state index is -0.723. The quantitative estimate of drug-likeness (QED) is 0.0711. The molecule has 26 heteroatoms. The number of carbonyl (C=O) groups excluding carboxylic acids is 4. The van der Waals surface area contributed by atoms with Crippen molar-refractivity contribution in [2.24, 2.45) is 0 Å². The molecule has 0 fully saturated rings. The van der Waals surface area contributed by atoms with Crippen LogP contribution >= 0.6 is 23.2 Å². The van der Waals surface area contributed by atoms with Crippen molar-refractivity contribution in [3.05, 3.63) is 284 Å². The number of urea groups is 4. The Hall–Kier alpha value is -12.9. The number of nitrogens with one attached hydrogen (secondary N) is 8. The molecule has 0 bridgehead atoms. The summed E-state index contributed by atoms with van der Waals surface area (Å²) in [4.78, 5) is 57.9. The molecule has 12 aromatic rings. The maximum atomic E-state index is 14.2. The van der Waals surface area contributed by atoms with Gasteiger partial charge in [-0.2, -0.15) is 30.9 Å². The average molecular weight is 1460 g/mol. The Balaban J connectivity index is 0.000000125. The molecule has 8 amide bonds. The molecule has 4 aliphatic heterocycles. The van der Waals surface area contributed by atoms with Gasteiger partial charge in [0.1, 0.15) is 18.0 Å². The first kappa shape index (κ1) is 71.5. The van der Waals surface area contributed by atoms with Gasteiger partial charge in [-0.05, 0) is 80.6 Å². The predicted octanol–water partition coefficient (Wildman–Crippen LogP) is 16.9. The van der Waals surface area contributed by atoms with Crippen molar-refractivity contribution in [3.63, 3.8) is 0 Å². The highest BCUT2D eigenvalue weighted by molar-refractivity contribution is 6.31. The van der Waals surface area contributed by atoms with Gasteiger partial charge < -0.3 is 40.9 Å². The fourth-order valence-electron chi connectivity index (χ4n) is 13.2. The van der Waals surface area contributed by atoms with E-state index in [0.717, 1.165) is 103 Å². The minimum absolute atomic E-state index is 0.000299. The first-order chi connectivity index (χ1) is 51.6. The zero-order chi connectivity index (χ0) is 73.8. The maximum absolute atomic E-state index is 14.2. The lowest BCUT2D eigenvalue weighted by Crippen LogP contribution is -2.44. The van der Waals surface area contributed by atoms with E-state index in [-0.39, 0.29) is 47.0 Å². The van der Waals surface area contributed by atoms with Crippen LogP contribution in [0.2, 0.25) is 10.0 Å². The molecule has 0 radical (unpaired) electrons. The van der Waals surface area contributed by atoms with Gasteiger partial charge in [0.15, 0.2) is 5.82 Å². The van der Waals surface area contributed by atoms with Crippen LogP contribution in [0.4, 0.5) is 50.7 Å².